The normalized spacial score (nSPS) is 11.5. The van der Waals surface area contributed by atoms with Gasteiger partial charge in [-0.25, -0.2) is 0 Å². The van der Waals surface area contributed by atoms with Gasteiger partial charge in [0.15, 0.2) is 0 Å². The molecule has 21 heavy (non-hydrogen) atoms. The number of carbonyl (C=O) groups is 2. The van der Waals surface area contributed by atoms with Crippen molar-refractivity contribution in [3.05, 3.63) is 59.4 Å². The van der Waals surface area contributed by atoms with Gasteiger partial charge in [-0.15, -0.1) is 0 Å². The average molecular weight is 304 g/mol. The Bertz CT molecular complexity index is 629. The summed E-state index contributed by atoms with van der Waals surface area (Å²) < 4.78 is 0. The van der Waals surface area contributed by atoms with E-state index < -0.39 is 11.9 Å². The van der Waals surface area contributed by atoms with Gasteiger partial charge in [-0.05, 0) is 43.3 Å². The molecule has 2 rings (SSSR count). The maximum Gasteiger partial charge on any atom is 0.270 e. The summed E-state index contributed by atoms with van der Waals surface area (Å²) in [5.74, 6) is -0.712. The van der Waals surface area contributed by atoms with Crippen molar-refractivity contribution in [2.45, 2.75) is 13.0 Å². The number of rotatable bonds is 4. The van der Waals surface area contributed by atoms with Crippen LogP contribution in [0.2, 0.25) is 5.02 Å². The lowest BCUT2D eigenvalue weighted by Gasteiger charge is -2.13. The first-order valence-electron chi connectivity index (χ1n) is 6.34. The zero-order chi connectivity index (χ0) is 15.2. The molecule has 1 aromatic carbocycles. The van der Waals surface area contributed by atoms with E-state index in [9.17, 15) is 9.59 Å². The summed E-state index contributed by atoms with van der Waals surface area (Å²) in [6.07, 6.45) is 1.52. The maximum absolute atomic E-state index is 12.0. The van der Waals surface area contributed by atoms with Crippen LogP contribution in [0.4, 0.5) is 5.69 Å². The molecule has 1 heterocycles. The number of hydrogen-bond acceptors (Lipinski definition) is 3. The lowest BCUT2D eigenvalue weighted by Crippen LogP contribution is -2.41. The van der Waals surface area contributed by atoms with Crippen LogP contribution in [0.3, 0.4) is 0 Å². The molecule has 5 nitrogen and oxygen atoms in total. The fraction of sp³-hybridized carbons (Fsp3) is 0.133. The molecule has 0 bridgehead atoms. The number of hydrogen-bond donors (Lipinski definition) is 2. The number of nitrogens with zero attached hydrogens (tertiary/aromatic N) is 1. The van der Waals surface area contributed by atoms with Gasteiger partial charge in [0.05, 0.1) is 0 Å². The molecule has 108 valence electrons. The first-order chi connectivity index (χ1) is 10.1. The van der Waals surface area contributed by atoms with Crippen molar-refractivity contribution in [2.75, 3.05) is 5.32 Å². The van der Waals surface area contributed by atoms with Crippen molar-refractivity contribution in [1.29, 1.82) is 0 Å². The number of anilines is 1. The molecule has 0 saturated heterocycles. The molecule has 2 amide bonds. The van der Waals surface area contributed by atoms with E-state index in [1.165, 1.54) is 6.20 Å². The smallest absolute Gasteiger partial charge is 0.270 e. The number of amides is 2. The third-order valence-electron chi connectivity index (χ3n) is 2.75. The highest BCUT2D eigenvalue weighted by Crippen LogP contribution is 2.13. The van der Waals surface area contributed by atoms with Gasteiger partial charge < -0.3 is 10.6 Å². The monoisotopic (exact) mass is 303 g/mol. The molecule has 0 spiro atoms. The molecule has 0 aliphatic carbocycles. The lowest BCUT2D eigenvalue weighted by atomic mass is 10.2. The Hall–Kier alpha value is -2.40. The van der Waals surface area contributed by atoms with Crippen LogP contribution in [0.1, 0.15) is 17.4 Å². The van der Waals surface area contributed by atoms with Gasteiger partial charge >= 0.3 is 0 Å². The summed E-state index contributed by atoms with van der Waals surface area (Å²) in [5.41, 5.74) is 0.881. The molecular weight excluding hydrogens is 290 g/mol. The van der Waals surface area contributed by atoms with E-state index in [4.69, 9.17) is 11.6 Å². The second kappa shape index (κ2) is 6.85. The van der Waals surface area contributed by atoms with Gasteiger partial charge in [0, 0.05) is 16.9 Å². The standard InChI is InChI=1S/C15H14ClN3O2/c1-10(18-15(21)13-4-2-3-9-17-13)14(20)19-12-7-5-11(16)6-8-12/h2-10H,1H3,(H,18,21)(H,19,20)/t10-/m0/s1. The van der Waals surface area contributed by atoms with Gasteiger partial charge in [-0.3, -0.25) is 14.6 Å². The number of nitrogens with one attached hydrogen (secondary N) is 2. The predicted molar refractivity (Wildman–Crippen MR) is 81.2 cm³/mol. The van der Waals surface area contributed by atoms with Crippen LogP contribution in [0.25, 0.3) is 0 Å². The fourth-order valence-corrected chi connectivity index (χ4v) is 1.74. The zero-order valence-corrected chi connectivity index (χ0v) is 12.1. The minimum Gasteiger partial charge on any atom is -0.339 e. The summed E-state index contributed by atoms with van der Waals surface area (Å²) in [5, 5.41) is 5.87. The van der Waals surface area contributed by atoms with E-state index >= 15 is 0 Å². The van der Waals surface area contributed by atoms with Crippen molar-refractivity contribution < 1.29 is 9.59 Å². The van der Waals surface area contributed by atoms with Crippen molar-refractivity contribution in [1.82, 2.24) is 10.3 Å². The van der Waals surface area contributed by atoms with Gasteiger partial charge in [0.25, 0.3) is 5.91 Å². The third-order valence-corrected chi connectivity index (χ3v) is 3.00. The summed E-state index contributed by atoms with van der Waals surface area (Å²) in [4.78, 5) is 27.8. The van der Waals surface area contributed by atoms with Gasteiger partial charge in [0.2, 0.25) is 5.91 Å². The molecule has 0 saturated carbocycles. The molecule has 1 aromatic heterocycles. The molecular formula is C15H14ClN3O2. The largest absolute Gasteiger partial charge is 0.339 e. The predicted octanol–water partition coefficient (Wildman–Crippen LogP) is 2.49. The van der Waals surface area contributed by atoms with E-state index in [0.717, 1.165) is 0 Å². The van der Waals surface area contributed by atoms with Crippen molar-refractivity contribution in [2.24, 2.45) is 0 Å². The first-order valence-corrected chi connectivity index (χ1v) is 6.72. The SMILES string of the molecule is C[C@H](NC(=O)c1ccccn1)C(=O)Nc1ccc(Cl)cc1. The van der Waals surface area contributed by atoms with Gasteiger partial charge in [0.1, 0.15) is 11.7 Å². The highest BCUT2D eigenvalue weighted by atomic mass is 35.5. The van der Waals surface area contributed by atoms with Crippen molar-refractivity contribution in [3.8, 4) is 0 Å². The number of benzene rings is 1. The van der Waals surface area contributed by atoms with Crippen LogP contribution < -0.4 is 10.6 Å². The number of halogens is 1. The van der Waals surface area contributed by atoms with E-state index in [1.54, 1.807) is 49.4 Å². The molecule has 0 aliphatic rings. The van der Waals surface area contributed by atoms with Crippen LogP contribution >= 0.6 is 11.6 Å². The van der Waals surface area contributed by atoms with E-state index in [0.29, 0.717) is 10.7 Å². The fourth-order valence-electron chi connectivity index (χ4n) is 1.62. The molecule has 1 atom stereocenters. The minimum absolute atomic E-state index is 0.267. The molecule has 0 aliphatic heterocycles. The Balaban J connectivity index is 1.93. The van der Waals surface area contributed by atoms with Crippen LogP contribution in [-0.2, 0) is 4.79 Å². The van der Waals surface area contributed by atoms with Crippen molar-refractivity contribution >= 4 is 29.1 Å². The van der Waals surface area contributed by atoms with Crippen LogP contribution in [0.15, 0.2) is 48.7 Å². The highest BCUT2D eigenvalue weighted by molar-refractivity contribution is 6.30. The Morgan fingerprint density at radius 3 is 2.48 bits per heavy atom. The Morgan fingerprint density at radius 2 is 1.86 bits per heavy atom. The summed E-state index contributed by atoms with van der Waals surface area (Å²) in [6, 6.07) is 11.0. The maximum atomic E-state index is 12.0. The quantitative estimate of drug-likeness (QED) is 0.911. The van der Waals surface area contributed by atoms with Crippen LogP contribution in [0, 0.1) is 0 Å². The summed E-state index contributed by atoms with van der Waals surface area (Å²) in [6.45, 7) is 1.60. The van der Waals surface area contributed by atoms with Crippen molar-refractivity contribution in [3.63, 3.8) is 0 Å². The van der Waals surface area contributed by atoms with E-state index in [-0.39, 0.29) is 11.6 Å². The van der Waals surface area contributed by atoms with Crippen LogP contribution in [-0.4, -0.2) is 22.8 Å². The molecule has 2 aromatic rings. The minimum atomic E-state index is -0.685. The Labute approximate surface area is 127 Å². The molecule has 6 heteroatoms. The van der Waals surface area contributed by atoms with Crippen LogP contribution in [0.5, 0.6) is 0 Å². The highest BCUT2D eigenvalue weighted by Gasteiger charge is 2.17. The third kappa shape index (κ3) is 4.29. The average Bonchev–Trinajstić information content (AvgIpc) is 2.50. The number of pyridine rings is 1. The van der Waals surface area contributed by atoms with E-state index in [1.807, 2.05) is 0 Å². The summed E-state index contributed by atoms with van der Waals surface area (Å²) >= 11 is 5.77. The lowest BCUT2D eigenvalue weighted by molar-refractivity contribution is -0.117. The zero-order valence-electron chi connectivity index (χ0n) is 11.3. The summed E-state index contributed by atoms with van der Waals surface area (Å²) in [7, 11) is 0. The Morgan fingerprint density at radius 1 is 1.14 bits per heavy atom. The molecule has 0 radical (unpaired) electrons. The van der Waals surface area contributed by atoms with Gasteiger partial charge in [-0.2, -0.15) is 0 Å². The molecule has 0 unspecified atom stereocenters. The second-order valence-corrected chi connectivity index (χ2v) is 4.84. The second-order valence-electron chi connectivity index (χ2n) is 4.41. The Kier molecular flexibility index (Phi) is 4.90. The first kappa shape index (κ1) is 15.0. The van der Waals surface area contributed by atoms with Gasteiger partial charge in [-0.1, -0.05) is 17.7 Å². The molecule has 0 fully saturated rings. The molecule has 2 N–H and O–H groups in total. The topological polar surface area (TPSA) is 71.1 Å². The number of aromatic nitrogens is 1. The number of carbonyl (C=O) groups excluding carboxylic acids is 2. The van der Waals surface area contributed by atoms with E-state index in [2.05, 4.69) is 15.6 Å².